The molecule has 0 aliphatic heterocycles. The predicted octanol–water partition coefficient (Wildman–Crippen LogP) is 14.4. The zero-order chi connectivity index (χ0) is 36.7. The summed E-state index contributed by atoms with van der Waals surface area (Å²) < 4.78 is 6.58. The standard InChI is InChI=1S/C52H36N2O/c1-52(2)45-17-9-6-14-39(45)40-29-28-38(32-46(40)52)54(36-24-20-34(21-25-36)33-12-4-3-5-13-33)37-26-22-35(23-27-37)50-44-31-30-42-41-15-8-11-19-48(41)55-51(42)49(44)43-16-7-10-18-47(43)53-50/h3-32H,1-2H3. The van der Waals surface area contributed by atoms with E-state index in [9.17, 15) is 0 Å². The van der Waals surface area contributed by atoms with Crippen LogP contribution in [0.1, 0.15) is 25.0 Å². The van der Waals surface area contributed by atoms with Crippen LogP contribution in [0.3, 0.4) is 0 Å². The number of nitrogens with zero attached hydrogens (tertiary/aromatic N) is 2. The molecule has 8 aromatic carbocycles. The van der Waals surface area contributed by atoms with Crippen LogP contribution in [-0.4, -0.2) is 4.98 Å². The smallest absolute Gasteiger partial charge is 0.144 e. The van der Waals surface area contributed by atoms with Crippen molar-refractivity contribution < 1.29 is 4.42 Å². The van der Waals surface area contributed by atoms with Crippen LogP contribution in [0.4, 0.5) is 17.1 Å². The van der Waals surface area contributed by atoms with Crippen LogP contribution < -0.4 is 4.90 Å². The maximum Gasteiger partial charge on any atom is 0.144 e. The van der Waals surface area contributed by atoms with Crippen molar-refractivity contribution in [2.24, 2.45) is 0 Å². The summed E-state index contributed by atoms with van der Waals surface area (Å²) in [5.41, 5.74) is 15.7. The molecule has 0 N–H and O–H groups in total. The van der Waals surface area contributed by atoms with Gasteiger partial charge in [-0.2, -0.15) is 0 Å². The molecule has 3 heteroatoms. The van der Waals surface area contributed by atoms with Crippen LogP contribution >= 0.6 is 0 Å². The molecule has 2 aromatic heterocycles. The summed E-state index contributed by atoms with van der Waals surface area (Å²) in [6, 6.07) is 65.3. The van der Waals surface area contributed by atoms with Crippen LogP contribution in [0.2, 0.25) is 0 Å². The van der Waals surface area contributed by atoms with Gasteiger partial charge in [0, 0.05) is 55.0 Å². The number of para-hydroxylation sites is 2. The lowest BCUT2D eigenvalue weighted by Crippen LogP contribution is -2.16. The molecule has 2 heterocycles. The van der Waals surface area contributed by atoms with Crippen molar-refractivity contribution in [2.45, 2.75) is 19.3 Å². The van der Waals surface area contributed by atoms with E-state index in [2.05, 4.69) is 189 Å². The maximum atomic E-state index is 6.58. The van der Waals surface area contributed by atoms with Gasteiger partial charge >= 0.3 is 0 Å². The average Bonchev–Trinajstić information content (AvgIpc) is 3.73. The zero-order valence-corrected chi connectivity index (χ0v) is 30.6. The first kappa shape index (κ1) is 31.5. The number of aromatic nitrogens is 1. The molecule has 1 aliphatic carbocycles. The third-order valence-corrected chi connectivity index (χ3v) is 11.7. The van der Waals surface area contributed by atoms with Gasteiger partial charge < -0.3 is 9.32 Å². The van der Waals surface area contributed by atoms with Crippen molar-refractivity contribution in [1.82, 2.24) is 4.98 Å². The van der Waals surface area contributed by atoms with Crippen molar-refractivity contribution in [3.8, 4) is 33.5 Å². The molecule has 0 saturated heterocycles. The Labute approximate surface area is 319 Å². The van der Waals surface area contributed by atoms with Crippen LogP contribution in [-0.2, 0) is 5.41 Å². The van der Waals surface area contributed by atoms with Crippen LogP contribution in [0, 0.1) is 0 Å². The van der Waals surface area contributed by atoms with Gasteiger partial charge in [-0.3, -0.25) is 0 Å². The van der Waals surface area contributed by atoms with Gasteiger partial charge in [0.25, 0.3) is 0 Å². The quantitative estimate of drug-likeness (QED) is 0.167. The van der Waals surface area contributed by atoms with Crippen molar-refractivity contribution in [3.05, 3.63) is 193 Å². The summed E-state index contributed by atoms with van der Waals surface area (Å²) in [5, 5.41) is 5.51. The second kappa shape index (κ2) is 12.0. The molecule has 10 aromatic rings. The fourth-order valence-electron chi connectivity index (χ4n) is 8.92. The summed E-state index contributed by atoms with van der Waals surface area (Å²) in [7, 11) is 0. The second-order valence-electron chi connectivity index (χ2n) is 15.1. The van der Waals surface area contributed by atoms with Crippen molar-refractivity contribution in [2.75, 3.05) is 4.90 Å². The summed E-state index contributed by atoms with van der Waals surface area (Å²) >= 11 is 0. The maximum absolute atomic E-state index is 6.58. The largest absolute Gasteiger partial charge is 0.455 e. The number of fused-ring (bicyclic) bond motifs is 10. The number of hydrogen-bond donors (Lipinski definition) is 0. The van der Waals surface area contributed by atoms with E-state index in [4.69, 9.17) is 9.40 Å². The second-order valence-corrected chi connectivity index (χ2v) is 15.1. The van der Waals surface area contributed by atoms with Crippen LogP contribution in [0.25, 0.3) is 77.1 Å². The molecule has 0 atom stereocenters. The van der Waals surface area contributed by atoms with Gasteiger partial charge in [0.05, 0.1) is 11.2 Å². The molecular formula is C52H36N2O. The monoisotopic (exact) mass is 704 g/mol. The molecule has 11 rings (SSSR count). The number of benzene rings is 8. The fourth-order valence-corrected chi connectivity index (χ4v) is 8.92. The summed E-state index contributed by atoms with van der Waals surface area (Å²) in [6.07, 6.45) is 0. The Balaban J connectivity index is 1.07. The van der Waals surface area contributed by atoms with Gasteiger partial charge in [-0.1, -0.05) is 141 Å². The van der Waals surface area contributed by atoms with E-state index in [0.717, 1.165) is 71.9 Å². The van der Waals surface area contributed by atoms with E-state index < -0.39 is 0 Å². The Morgan fingerprint density at radius 1 is 0.455 bits per heavy atom. The zero-order valence-electron chi connectivity index (χ0n) is 30.6. The van der Waals surface area contributed by atoms with E-state index in [1.807, 2.05) is 12.1 Å². The SMILES string of the molecule is CC1(C)c2ccccc2-c2ccc(N(c3ccc(-c4ccccc4)cc3)c3ccc(-c4nc5ccccc5c5c4ccc4c6ccccc6oc45)cc3)cc21. The van der Waals surface area contributed by atoms with E-state index in [0.29, 0.717) is 0 Å². The lowest BCUT2D eigenvalue weighted by Gasteiger charge is -2.28. The third kappa shape index (κ3) is 4.86. The normalized spacial score (nSPS) is 13.1. The van der Waals surface area contributed by atoms with Crippen molar-refractivity contribution >= 4 is 60.7 Å². The Bertz CT molecular complexity index is 3100. The lowest BCUT2D eigenvalue weighted by molar-refractivity contribution is 0.660. The predicted molar refractivity (Wildman–Crippen MR) is 230 cm³/mol. The highest BCUT2D eigenvalue weighted by atomic mass is 16.3. The minimum absolute atomic E-state index is 0.108. The molecule has 260 valence electrons. The van der Waals surface area contributed by atoms with Crippen molar-refractivity contribution in [1.29, 1.82) is 0 Å². The molecular weight excluding hydrogens is 669 g/mol. The highest BCUT2D eigenvalue weighted by molar-refractivity contribution is 6.24. The van der Waals surface area contributed by atoms with Gasteiger partial charge in [-0.15, -0.1) is 0 Å². The molecule has 0 spiro atoms. The van der Waals surface area contributed by atoms with Gasteiger partial charge in [-0.25, -0.2) is 4.98 Å². The Hall–Kier alpha value is -6.97. The van der Waals surface area contributed by atoms with Gasteiger partial charge in [0.15, 0.2) is 0 Å². The topological polar surface area (TPSA) is 29.3 Å². The van der Waals surface area contributed by atoms with Gasteiger partial charge in [-0.05, 0) is 88.0 Å². The van der Waals surface area contributed by atoms with Gasteiger partial charge in [0.2, 0.25) is 0 Å². The van der Waals surface area contributed by atoms with E-state index in [1.54, 1.807) is 0 Å². The fraction of sp³-hybridized carbons (Fsp3) is 0.0577. The minimum Gasteiger partial charge on any atom is -0.455 e. The number of pyridine rings is 1. The Morgan fingerprint density at radius 3 is 1.85 bits per heavy atom. The molecule has 0 unspecified atom stereocenters. The summed E-state index contributed by atoms with van der Waals surface area (Å²) in [4.78, 5) is 7.66. The highest BCUT2D eigenvalue weighted by Gasteiger charge is 2.35. The number of rotatable bonds is 5. The molecule has 0 bridgehead atoms. The molecule has 55 heavy (non-hydrogen) atoms. The molecule has 0 fully saturated rings. The summed E-state index contributed by atoms with van der Waals surface area (Å²) in [6.45, 7) is 4.68. The lowest BCUT2D eigenvalue weighted by atomic mass is 9.82. The first-order chi connectivity index (χ1) is 27.0. The van der Waals surface area contributed by atoms with Crippen molar-refractivity contribution in [3.63, 3.8) is 0 Å². The molecule has 0 radical (unpaired) electrons. The summed E-state index contributed by atoms with van der Waals surface area (Å²) in [5.74, 6) is 0. The number of furan rings is 1. The van der Waals surface area contributed by atoms with E-state index in [1.165, 1.54) is 33.4 Å². The number of hydrogen-bond acceptors (Lipinski definition) is 3. The Kier molecular flexibility index (Phi) is 6.90. The first-order valence-corrected chi connectivity index (χ1v) is 19.0. The third-order valence-electron chi connectivity index (χ3n) is 11.7. The molecule has 0 amide bonds. The Morgan fingerprint density at radius 2 is 1.05 bits per heavy atom. The molecule has 1 aliphatic rings. The first-order valence-electron chi connectivity index (χ1n) is 19.0. The van der Waals surface area contributed by atoms with Gasteiger partial charge in [0.1, 0.15) is 11.2 Å². The molecule has 0 saturated carbocycles. The van der Waals surface area contributed by atoms with E-state index >= 15 is 0 Å². The van der Waals surface area contributed by atoms with Crippen LogP contribution in [0.5, 0.6) is 0 Å². The van der Waals surface area contributed by atoms with Crippen LogP contribution in [0.15, 0.2) is 186 Å². The minimum atomic E-state index is -0.108. The molecule has 3 nitrogen and oxygen atoms in total. The average molecular weight is 705 g/mol. The number of anilines is 3. The van der Waals surface area contributed by atoms with E-state index in [-0.39, 0.29) is 5.41 Å². The highest BCUT2D eigenvalue weighted by Crippen LogP contribution is 2.51.